The van der Waals surface area contributed by atoms with Gasteiger partial charge in [-0.25, -0.2) is 0 Å². The maximum absolute atomic E-state index is 5.80. The maximum Gasteiger partial charge on any atom is 0.0474 e. The van der Waals surface area contributed by atoms with Gasteiger partial charge in [0.2, 0.25) is 0 Å². The van der Waals surface area contributed by atoms with Gasteiger partial charge >= 0.3 is 0 Å². The lowest BCUT2D eigenvalue weighted by Crippen LogP contribution is -2.16. The average molecular weight is 239 g/mol. The van der Waals surface area contributed by atoms with Crippen molar-refractivity contribution in [2.24, 2.45) is 0 Å². The lowest BCUT2D eigenvalue weighted by atomic mass is 9.80. The fourth-order valence-electron chi connectivity index (χ4n) is 2.01. The Morgan fingerprint density at radius 3 is 2.19 bits per heavy atom. The summed E-state index contributed by atoms with van der Waals surface area (Å²) in [5, 5.41) is 0. The monoisotopic (exact) mass is 238 g/mol. The molecule has 0 saturated heterocycles. The van der Waals surface area contributed by atoms with Crippen molar-refractivity contribution in [2.45, 2.75) is 57.7 Å². The first-order valence-corrected chi connectivity index (χ1v) is 6.79. The summed E-state index contributed by atoms with van der Waals surface area (Å²) in [6, 6.07) is 8.74. The lowest BCUT2D eigenvalue weighted by molar-refractivity contribution is 0.450. The van der Waals surface area contributed by atoms with Crippen LogP contribution in [-0.2, 0) is 11.3 Å². The van der Waals surface area contributed by atoms with Gasteiger partial charge in [-0.15, -0.1) is 11.6 Å². The Balaban J connectivity index is 2.65. The van der Waals surface area contributed by atoms with Gasteiger partial charge in [-0.3, -0.25) is 0 Å². The van der Waals surface area contributed by atoms with E-state index in [9.17, 15) is 0 Å². The van der Waals surface area contributed by atoms with Crippen LogP contribution in [-0.4, -0.2) is 0 Å². The largest absolute Gasteiger partial charge is 0.122 e. The van der Waals surface area contributed by atoms with Crippen molar-refractivity contribution < 1.29 is 0 Å². The normalized spacial score (nSPS) is 11.8. The Morgan fingerprint density at radius 1 is 1.06 bits per heavy atom. The van der Waals surface area contributed by atoms with Crippen LogP contribution in [0.2, 0.25) is 0 Å². The number of hydrogen-bond acceptors (Lipinski definition) is 0. The smallest absolute Gasteiger partial charge is 0.0474 e. The van der Waals surface area contributed by atoms with Crippen LogP contribution in [0.5, 0.6) is 0 Å². The first-order chi connectivity index (χ1) is 7.60. The summed E-state index contributed by atoms with van der Waals surface area (Å²) in [5.74, 6) is 0.608. The fraction of sp³-hybridized carbons (Fsp3) is 0.600. The van der Waals surface area contributed by atoms with E-state index in [0.717, 1.165) is 0 Å². The molecule has 1 rings (SSSR count). The van der Waals surface area contributed by atoms with Gasteiger partial charge in [-0.05, 0) is 23.0 Å². The highest BCUT2D eigenvalue weighted by Gasteiger charge is 2.19. The van der Waals surface area contributed by atoms with E-state index in [2.05, 4.69) is 45.0 Å². The zero-order valence-electron chi connectivity index (χ0n) is 10.7. The second kappa shape index (κ2) is 6.30. The third-order valence-electron chi connectivity index (χ3n) is 3.30. The number of alkyl halides is 1. The van der Waals surface area contributed by atoms with Crippen LogP contribution >= 0.6 is 11.6 Å². The summed E-state index contributed by atoms with van der Waals surface area (Å²) < 4.78 is 0. The van der Waals surface area contributed by atoms with Gasteiger partial charge in [0.05, 0.1) is 0 Å². The minimum absolute atomic E-state index is 0.292. The van der Waals surface area contributed by atoms with Gasteiger partial charge in [0, 0.05) is 5.88 Å². The van der Waals surface area contributed by atoms with E-state index in [1.165, 1.54) is 36.8 Å². The first-order valence-electron chi connectivity index (χ1n) is 6.25. The van der Waals surface area contributed by atoms with E-state index < -0.39 is 0 Å². The highest BCUT2D eigenvalue weighted by molar-refractivity contribution is 6.17. The fourth-order valence-corrected chi connectivity index (χ4v) is 2.18. The van der Waals surface area contributed by atoms with E-state index in [1.54, 1.807) is 0 Å². The molecule has 0 aliphatic carbocycles. The van der Waals surface area contributed by atoms with Crippen molar-refractivity contribution in [1.82, 2.24) is 0 Å². The molecule has 0 unspecified atom stereocenters. The lowest BCUT2D eigenvalue weighted by Gasteiger charge is -2.25. The molecule has 0 fully saturated rings. The van der Waals surface area contributed by atoms with Crippen LogP contribution in [0.4, 0.5) is 0 Å². The van der Waals surface area contributed by atoms with Crippen molar-refractivity contribution in [1.29, 1.82) is 0 Å². The van der Waals surface area contributed by atoms with Gasteiger partial charge in [-0.2, -0.15) is 0 Å². The van der Waals surface area contributed by atoms with Crippen LogP contribution in [0.15, 0.2) is 24.3 Å². The summed E-state index contributed by atoms with van der Waals surface area (Å²) in [6.07, 6.45) is 5.21. The zero-order valence-corrected chi connectivity index (χ0v) is 11.5. The third-order valence-corrected chi connectivity index (χ3v) is 3.60. The molecule has 0 spiro atoms. The average Bonchev–Trinajstić information content (AvgIpc) is 2.29. The molecular weight excluding hydrogens is 216 g/mol. The van der Waals surface area contributed by atoms with Crippen molar-refractivity contribution in [2.75, 3.05) is 0 Å². The molecule has 0 aromatic heterocycles. The number of benzene rings is 1. The Hall–Kier alpha value is -0.490. The topological polar surface area (TPSA) is 0 Å². The van der Waals surface area contributed by atoms with Crippen LogP contribution in [0.1, 0.15) is 57.6 Å². The molecule has 0 bridgehead atoms. The Kier molecular flexibility index (Phi) is 5.34. The van der Waals surface area contributed by atoms with Gasteiger partial charge < -0.3 is 0 Å². The third kappa shape index (κ3) is 3.83. The van der Waals surface area contributed by atoms with E-state index in [0.29, 0.717) is 11.3 Å². The SMILES string of the molecule is CCCCCC(C)(C)c1ccc(CCl)cc1. The molecule has 1 heteroatoms. The summed E-state index contributed by atoms with van der Waals surface area (Å²) in [5.41, 5.74) is 2.92. The van der Waals surface area contributed by atoms with Gasteiger partial charge in [0.25, 0.3) is 0 Å². The van der Waals surface area contributed by atoms with Crippen LogP contribution in [0.3, 0.4) is 0 Å². The first kappa shape index (κ1) is 13.6. The molecular formula is C15H23Cl. The molecule has 1 aromatic rings. The molecule has 0 N–H and O–H groups in total. The van der Waals surface area contributed by atoms with Crippen LogP contribution in [0.25, 0.3) is 0 Å². The maximum atomic E-state index is 5.80. The molecule has 0 radical (unpaired) electrons. The van der Waals surface area contributed by atoms with Crippen molar-refractivity contribution >= 4 is 11.6 Å². The molecule has 16 heavy (non-hydrogen) atoms. The number of halogens is 1. The second-order valence-electron chi connectivity index (χ2n) is 5.17. The Bertz CT molecular complexity index is 298. The number of hydrogen-bond donors (Lipinski definition) is 0. The summed E-state index contributed by atoms with van der Waals surface area (Å²) >= 11 is 5.80. The Morgan fingerprint density at radius 2 is 1.69 bits per heavy atom. The number of rotatable bonds is 6. The van der Waals surface area contributed by atoms with Gasteiger partial charge in [0.1, 0.15) is 0 Å². The minimum Gasteiger partial charge on any atom is -0.122 e. The molecule has 0 saturated carbocycles. The minimum atomic E-state index is 0.292. The van der Waals surface area contributed by atoms with Crippen molar-refractivity contribution in [3.05, 3.63) is 35.4 Å². The Labute approximate surface area is 105 Å². The molecule has 0 atom stereocenters. The quantitative estimate of drug-likeness (QED) is 0.467. The zero-order chi connectivity index (χ0) is 12.0. The highest BCUT2D eigenvalue weighted by Crippen LogP contribution is 2.29. The van der Waals surface area contributed by atoms with E-state index in [4.69, 9.17) is 11.6 Å². The predicted molar refractivity (Wildman–Crippen MR) is 73.2 cm³/mol. The van der Waals surface area contributed by atoms with E-state index >= 15 is 0 Å². The molecule has 0 heterocycles. The van der Waals surface area contributed by atoms with Crippen LogP contribution < -0.4 is 0 Å². The van der Waals surface area contributed by atoms with Gasteiger partial charge in [-0.1, -0.05) is 64.3 Å². The van der Waals surface area contributed by atoms with Crippen molar-refractivity contribution in [3.8, 4) is 0 Å². The molecule has 0 amide bonds. The standard InChI is InChI=1S/C15H23Cl/c1-4-5-6-11-15(2,3)14-9-7-13(12-16)8-10-14/h7-10H,4-6,11-12H2,1-3H3. The molecule has 0 nitrogen and oxygen atoms in total. The molecule has 0 aliphatic rings. The van der Waals surface area contributed by atoms with E-state index in [1.807, 2.05) is 0 Å². The summed E-state index contributed by atoms with van der Waals surface area (Å²) in [4.78, 5) is 0. The number of unbranched alkanes of at least 4 members (excludes halogenated alkanes) is 2. The van der Waals surface area contributed by atoms with Crippen molar-refractivity contribution in [3.63, 3.8) is 0 Å². The van der Waals surface area contributed by atoms with E-state index in [-0.39, 0.29) is 0 Å². The summed E-state index contributed by atoms with van der Waals surface area (Å²) in [7, 11) is 0. The highest BCUT2D eigenvalue weighted by atomic mass is 35.5. The molecule has 1 aromatic carbocycles. The summed E-state index contributed by atoms with van der Waals surface area (Å²) in [6.45, 7) is 6.92. The molecule has 0 aliphatic heterocycles. The van der Waals surface area contributed by atoms with Crippen LogP contribution in [0, 0.1) is 0 Å². The molecule has 90 valence electrons. The second-order valence-corrected chi connectivity index (χ2v) is 5.44. The predicted octanol–water partition coefficient (Wildman–Crippen LogP) is 5.28. The van der Waals surface area contributed by atoms with Gasteiger partial charge in [0.15, 0.2) is 0 Å².